The van der Waals surface area contributed by atoms with Gasteiger partial charge >= 0.3 is 0 Å². The lowest BCUT2D eigenvalue weighted by Crippen LogP contribution is -2.58. The summed E-state index contributed by atoms with van der Waals surface area (Å²) in [6.45, 7) is 10.6. The summed E-state index contributed by atoms with van der Waals surface area (Å²) >= 11 is 0. The molecule has 0 aromatic heterocycles. The molecule has 0 bridgehead atoms. The van der Waals surface area contributed by atoms with E-state index in [0.717, 1.165) is 49.2 Å². The predicted octanol–water partition coefficient (Wildman–Crippen LogP) is 3.89. The van der Waals surface area contributed by atoms with Crippen LogP contribution in [0.4, 0.5) is 0 Å². The second-order valence-electron chi connectivity index (χ2n) is 9.24. The molecule has 7 nitrogen and oxygen atoms in total. The van der Waals surface area contributed by atoms with Gasteiger partial charge in [-0.2, -0.15) is 0 Å². The fourth-order valence-corrected chi connectivity index (χ4v) is 4.98. The van der Waals surface area contributed by atoms with E-state index in [1.807, 2.05) is 18.2 Å². The number of methoxy groups -OCH3 is 2. The van der Waals surface area contributed by atoms with Gasteiger partial charge < -0.3 is 25.0 Å². The van der Waals surface area contributed by atoms with Crippen LogP contribution in [0.3, 0.4) is 0 Å². The number of nitrogens with zero attached hydrogens (tertiary/aromatic N) is 3. The molecule has 0 amide bonds. The van der Waals surface area contributed by atoms with Gasteiger partial charge in [0.15, 0.2) is 5.96 Å². The van der Waals surface area contributed by atoms with E-state index < -0.39 is 0 Å². The van der Waals surface area contributed by atoms with Crippen LogP contribution in [0.15, 0.2) is 23.2 Å². The molecule has 1 unspecified atom stereocenters. The van der Waals surface area contributed by atoms with Crippen LogP contribution >= 0.6 is 24.0 Å². The molecular weight excluding hydrogens is 529 g/mol. The fraction of sp³-hybridized carbons (Fsp3) is 0.720. The van der Waals surface area contributed by atoms with Crippen LogP contribution in [-0.2, 0) is 0 Å². The van der Waals surface area contributed by atoms with E-state index in [4.69, 9.17) is 14.5 Å². The minimum absolute atomic E-state index is 0. The Morgan fingerprint density at radius 1 is 1.09 bits per heavy atom. The Bertz CT molecular complexity index is 746. The summed E-state index contributed by atoms with van der Waals surface area (Å²) in [6.07, 6.45) is 6.36. The number of halogens is 1. The highest BCUT2D eigenvalue weighted by Gasteiger charge is 2.39. The van der Waals surface area contributed by atoms with Crippen molar-refractivity contribution in [3.05, 3.63) is 23.8 Å². The maximum Gasteiger partial charge on any atom is 0.191 e. The van der Waals surface area contributed by atoms with Gasteiger partial charge in [-0.1, -0.05) is 6.42 Å². The van der Waals surface area contributed by atoms with Crippen molar-refractivity contribution in [1.29, 1.82) is 0 Å². The molecule has 3 rings (SSSR count). The lowest BCUT2D eigenvalue weighted by molar-refractivity contribution is 0.0208. The summed E-state index contributed by atoms with van der Waals surface area (Å²) < 4.78 is 11.0. The number of guanidine groups is 1. The largest absolute Gasteiger partial charge is 0.497 e. The van der Waals surface area contributed by atoms with Crippen molar-refractivity contribution in [2.24, 2.45) is 4.99 Å². The zero-order chi connectivity index (χ0) is 23.0. The van der Waals surface area contributed by atoms with E-state index in [0.29, 0.717) is 0 Å². The van der Waals surface area contributed by atoms with Gasteiger partial charge in [0, 0.05) is 17.6 Å². The molecule has 2 fully saturated rings. The van der Waals surface area contributed by atoms with Crippen molar-refractivity contribution in [3.8, 4) is 11.5 Å². The average molecular weight is 574 g/mol. The maximum atomic E-state index is 5.60. The highest BCUT2D eigenvalue weighted by Crippen LogP contribution is 2.32. The summed E-state index contributed by atoms with van der Waals surface area (Å²) in [5.41, 5.74) is 1.23. The van der Waals surface area contributed by atoms with E-state index in [2.05, 4.69) is 41.3 Å². The van der Waals surface area contributed by atoms with E-state index in [1.54, 1.807) is 14.2 Å². The topological polar surface area (TPSA) is 61.4 Å². The molecule has 2 aliphatic rings. The van der Waals surface area contributed by atoms with Crippen LogP contribution < -0.4 is 20.1 Å². The number of ether oxygens (including phenoxy) is 2. The number of hydrogen-bond acceptors (Lipinski definition) is 5. The predicted molar refractivity (Wildman–Crippen MR) is 147 cm³/mol. The van der Waals surface area contributed by atoms with Crippen molar-refractivity contribution in [2.75, 3.05) is 60.5 Å². The Kier molecular flexibility index (Phi) is 11.5. The van der Waals surface area contributed by atoms with Gasteiger partial charge in [-0.3, -0.25) is 9.89 Å². The first kappa shape index (κ1) is 28.0. The number of piperidine rings is 2. The van der Waals surface area contributed by atoms with Gasteiger partial charge in [-0.25, -0.2) is 0 Å². The zero-order valence-electron chi connectivity index (χ0n) is 21.2. The van der Waals surface area contributed by atoms with Gasteiger partial charge in [0.25, 0.3) is 0 Å². The molecule has 2 saturated heterocycles. The van der Waals surface area contributed by atoms with Crippen molar-refractivity contribution in [3.63, 3.8) is 0 Å². The van der Waals surface area contributed by atoms with Gasteiger partial charge in [0.05, 0.1) is 26.8 Å². The molecule has 0 spiro atoms. The summed E-state index contributed by atoms with van der Waals surface area (Å²) in [5.74, 6) is 2.54. The average Bonchev–Trinajstić information content (AvgIpc) is 2.84. The Hall–Kier alpha value is -1.26. The van der Waals surface area contributed by atoms with Crippen LogP contribution in [0.25, 0.3) is 0 Å². The summed E-state index contributed by atoms with van der Waals surface area (Å²) in [4.78, 5) is 10.3. The number of likely N-dealkylation sites (tertiary alicyclic amines) is 2. The standard InChI is InChI=1S/C25H43N5O2.HI/c1-6-26-24(28-20(2)22-18-21(31-4)10-11-23(22)32-5)27-19-25(12-16-29(3)17-13-25)30-14-8-7-9-15-30;/h10-11,18,20H,6-9,12-17,19H2,1-5H3,(H2,26,27,28);1H. The Balaban J connectivity index is 0.00000385. The molecule has 1 aromatic carbocycles. The first-order valence-corrected chi connectivity index (χ1v) is 12.2. The molecule has 188 valence electrons. The third kappa shape index (κ3) is 7.36. The molecule has 2 N–H and O–H groups in total. The fourth-order valence-electron chi connectivity index (χ4n) is 4.98. The maximum absolute atomic E-state index is 5.60. The van der Waals surface area contributed by atoms with Crippen LogP contribution in [0.5, 0.6) is 11.5 Å². The monoisotopic (exact) mass is 573 g/mol. The zero-order valence-corrected chi connectivity index (χ0v) is 23.5. The van der Waals surface area contributed by atoms with E-state index in [-0.39, 0.29) is 35.6 Å². The van der Waals surface area contributed by atoms with Crippen LogP contribution in [0.2, 0.25) is 0 Å². The minimum atomic E-state index is 0. The SMILES string of the molecule is CCNC(=NCC1(N2CCCCC2)CCN(C)CC1)NC(C)c1cc(OC)ccc1OC.I. The molecular formula is C25H44IN5O2. The first-order chi connectivity index (χ1) is 15.5. The molecule has 0 aliphatic carbocycles. The second-order valence-corrected chi connectivity index (χ2v) is 9.24. The number of nitrogens with one attached hydrogen (secondary N) is 2. The molecule has 1 aromatic rings. The van der Waals surface area contributed by atoms with Crippen LogP contribution in [-0.4, -0.2) is 81.8 Å². The van der Waals surface area contributed by atoms with Crippen molar-refractivity contribution in [2.45, 2.75) is 57.5 Å². The summed E-state index contributed by atoms with van der Waals surface area (Å²) in [5, 5.41) is 7.06. The van der Waals surface area contributed by atoms with Crippen molar-refractivity contribution >= 4 is 29.9 Å². The number of rotatable bonds is 8. The molecule has 1 atom stereocenters. The molecule has 33 heavy (non-hydrogen) atoms. The van der Waals surface area contributed by atoms with Gasteiger partial charge in [-0.15, -0.1) is 24.0 Å². The van der Waals surface area contributed by atoms with E-state index in [9.17, 15) is 0 Å². The Morgan fingerprint density at radius 2 is 1.79 bits per heavy atom. The summed E-state index contributed by atoms with van der Waals surface area (Å²) in [7, 11) is 5.63. The van der Waals surface area contributed by atoms with Crippen LogP contribution in [0, 0.1) is 0 Å². The highest BCUT2D eigenvalue weighted by molar-refractivity contribution is 14.0. The smallest absolute Gasteiger partial charge is 0.191 e. The molecule has 0 saturated carbocycles. The van der Waals surface area contributed by atoms with Crippen LogP contribution in [0.1, 0.15) is 57.6 Å². The number of hydrogen-bond donors (Lipinski definition) is 2. The third-order valence-corrected chi connectivity index (χ3v) is 7.08. The van der Waals surface area contributed by atoms with Gasteiger partial charge in [-0.05, 0) is 91.0 Å². The van der Waals surface area contributed by atoms with E-state index in [1.165, 1.54) is 45.2 Å². The van der Waals surface area contributed by atoms with Gasteiger partial charge in [0.1, 0.15) is 11.5 Å². The second kappa shape index (κ2) is 13.6. The lowest BCUT2D eigenvalue weighted by atomic mass is 9.84. The Morgan fingerprint density at radius 3 is 2.39 bits per heavy atom. The normalized spacial score (nSPS) is 20.5. The van der Waals surface area contributed by atoms with E-state index >= 15 is 0 Å². The quantitative estimate of drug-likeness (QED) is 0.280. The summed E-state index contributed by atoms with van der Waals surface area (Å²) in [6, 6.07) is 5.95. The molecule has 2 heterocycles. The van der Waals surface area contributed by atoms with Crippen molar-refractivity contribution in [1.82, 2.24) is 20.4 Å². The number of benzene rings is 1. The first-order valence-electron chi connectivity index (χ1n) is 12.2. The molecule has 0 radical (unpaired) electrons. The molecule has 2 aliphatic heterocycles. The number of aliphatic imine (C=N–C) groups is 1. The Labute approximate surface area is 217 Å². The third-order valence-electron chi connectivity index (χ3n) is 7.08. The van der Waals surface area contributed by atoms with Crippen molar-refractivity contribution < 1.29 is 9.47 Å². The lowest BCUT2D eigenvalue weighted by Gasteiger charge is -2.49. The molecule has 8 heteroatoms. The highest BCUT2D eigenvalue weighted by atomic mass is 127. The van der Waals surface area contributed by atoms with Gasteiger partial charge in [0.2, 0.25) is 0 Å². The minimum Gasteiger partial charge on any atom is -0.497 e.